The third-order valence-electron chi connectivity index (χ3n) is 3.46. The molecule has 1 aliphatic rings. The van der Waals surface area contributed by atoms with Gasteiger partial charge in [0.15, 0.2) is 0 Å². The summed E-state index contributed by atoms with van der Waals surface area (Å²) in [5.41, 5.74) is 0. The summed E-state index contributed by atoms with van der Waals surface area (Å²) in [6.07, 6.45) is 1.78. The van der Waals surface area contributed by atoms with Gasteiger partial charge in [-0.15, -0.1) is 0 Å². The van der Waals surface area contributed by atoms with Crippen molar-refractivity contribution in [2.24, 2.45) is 0 Å². The molecule has 0 unspecified atom stereocenters. The van der Waals surface area contributed by atoms with E-state index in [1.807, 2.05) is 0 Å². The van der Waals surface area contributed by atoms with Crippen molar-refractivity contribution in [3.8, 4) is 0 Å². The lowest BCUT2D eigenvalue weighted by atomic mass is 10.0. The Morgan fingerprint density at radius 1 is 1.42 bits per heavy atom. The fraction of sp³-hybridized carbons (Fsp3) is 0.538. The van der Waals surface area contributed by atoms with Gasteiger partial charge in [-0.3, -0.25) is 0 Å². The molecule has 4 nitrogen and oxygen atoms in total. The van der Waals surface area contributed by atoms with Crippen molar-refractivity contribution in [2.45, 2.75) is 43.2 Å². The Labute approximate surface area is 119 Å². The van der Waals surface area contributed by atoms with Crippen LogP contribution in [-0.2, 0) is 10.0 Å². The summed E-state index contributed by atoms with van der Waals surface area (Å²) < 4.78 is 26.6. The number of sulfonamides is 1. The number of aliphatic hydroxyl groups is 1. The topological polar surface area (TPSA) is 57.6 Å². The van der Waals surface area contributed by atoms with Crippen LogP contribution in [0.15, 0.2) is 29.2 Å². The van der Waals surface area contributed by atoms with Crippen LogP contribution in [0.2, 0.25) is 5.02 Å². The lowest BCUT2D eigenvalue weighted by Crippen LogP contribution is -2.48. The number of hydrogen-bond acceptors (Lipinski definition) is 3. The van der Waals surface area contributed by atoms with Gasteiger partial charge in [-0.1, -0.05) is 24.1 Å². The zero-order valence-corrected chi connectivity index (χ0v) is 12.4. The molecule has 0 aliphatic carbocycles. The van der Waals surface area contributed by atoms with E-state index in [-0.39, 0.29) is 10.9 Å². The third-order valence-corrected chi connectivity index (χ3v) is 5.61. The van der Waals surface area contributed by atoms with E-state index >= 15 is 0 Å². The molecule has 0 saturated carbocycles. The van der Waals surface area contributed by atoms with Crippen molar-refractivity contribution in [1.82, 2.24) is 4.31 Å². The van der Waals surface area contributed by atoms with Gasteiger partial charge < -0.3 is 5.11 Å². The molecular formula is C13H18ClNO3S. The Morgan fingerprint density at radius 3 is 2.79 bits per heavy atom. The highest BCUT2D eigenvalue weighted by molar-refractivity contribution is 7.89. The van der Waals surface area contributed by atoms with E-state index in [4.69, 9.17) is 11.6 Å². The van der Waals surface area contributed by atoms with Gasteiger partial charge >= 0.3 is 0 Å². The summed E-state index contributed by atoms with van der Waals surface area (Å²) in [6, 6.07) is 5.90. The summed E-state index contributed by atoms with van der Waals surface area (Å²) in [5, 5.41) is 10.2. The van der Waals surface area contributed by atoms with Gasteiger partial charge in [-0.25, -0.2) is 8.42 Å². The number of piperidine rings is 1. The number of benzene rings is 1. The van der Waals surface area contributed by atoms with E-state index in [0.717, 1.165) is 12.8 Å². The molecule has 1 heterocycles. The SMILES string of the molecule is C[C@H](O)[C@@H]1CCCCN1S(=O)(=O)c1cccc(Cl)c1. The lowest BCUT2D eigenvalue weighted by Gasteiger charge is -2.36. The molecule has 0 bridgehead atoms. The van der Waals surface area contributed by atoms with Crippen molar-refractivity contribution in [1.29, 1.82) is 0 Å². The first-order valence-corrected chi connectivity index (χ1v) is 8.20. The Bertz CT molecular complexity index is 545. The molecule has 1 aromatic rings. The standard InChI is InChI=1S/C13H18ClNO3S/c1-10(16)13-7-2-3-8-15(13)19(17,18)12-6-4-5-11(14)9-12/h4-6,9-10,13,16H,2-3,7-8H2,1H3/t10-,13-/m0/s1. The molecule has 1 aliphatic heterocycles. The molecule has 2 atom stereocenters. The maximum absolute atomic E-state index is 12.6. The van der Waals surface area contributed by atoms with Crippen LogP contribution in [0.4, 0.5) is 0 Å². The lowest BCUT2D eigenvalue weighted by molar-refractivity contribution is 0.0831. The predicted octanol–water partition coefficient (Wildman–Crippen LogP) is 2.26. The average Bonchev–Trinajstić information content (AvgIpc) is 2.38. The molecule has 0 aromatic heterocycles. The number of nitrogens with zero attached hydrogens (tertiary/aromatic N) is 1. The smallest absolute Gasteiger partial charge is 0.243 e. The summed E-state index contributed by atoms with van der Waals surface area (Å²) in [5.74, 6) is 0. The van der Waals surface area contributed by atoms with Crippen LogP contribution in [0, 0.1) is 0 Å². The van der Waals surface area contributed by atoms with E-state index in [9.17, 15) is 13.5 Å². The largest absolute Gasteiger partial charge is 0.392 e. The van der Waals surface area contributed by atoms with E-state index in [0.29, 0.717) is 18.0 Å². The molecule has 0 radical (unpaired) electrons. The molecule has 0 amide bonds. The van der Waals surface area contributed by atoms with E-state index in [2.05, 4.69) is 0 Å². The quantitative estimate of drug-likeness (QED) is 0.932. The third kappa shape index (κ3) is 3.11. The van der Waals surface area contributed by atoms with Gasteiger partial charge in [-0.05, 0) is 38.0 Å². The van der Waals surface area contributed by atoms with Crippen LogP contribution in [0.5, 0.6) is 0 Å². The van der Waals surface area contributed by atoms with Crippen molar-refractivity contribution >= 4 is 21.6 Å². The van der Waals surface area contributed by atoms with Crippen LogP contribution in [0.3, 0.4) is 0 Å². The Balaban J connectivity index is 2.37. The first-order chi connectivity index (χ1) is 8.93. The van der Waals surface area contributed by atoms with Crippen molar-refractivity contribution in [3.63, 3.8) is 0 Å². The van der Waals surface area contributed by atoms with Gasteiger partial charge in [0.05, 0.1) is 17.0 Å². The van der Waals surface area contributed by atoms with E-state index < -0.39 is 16.1 Å². The Kier molecular flexibility index (Phi) is 4.50. The first kappa shape index (κ1) is 14.8. The molecule has 6 heteroatoms. The van der Waals surface area contributed by atoms with Crippen LogP contribution in [0.25, 0.3) is 0 Å². The summed E-state index contributed by atoms with van der Waals surface area (Å²) in [7, 11) is -3.59. The normalized spacial score (nSPS) is 23.2. The number of halogens is 1. The zero-order chi connectivity index (χ0) is 14.0. The average molecular weight is 304 g/mol. The highest BCUT2D eigenvalue weighted by Crippen LogP contribution is 2.28. The summed E-state index contributed by atoms with van der Waals surface area (Å²) in [6.45, 7) is 2.08. The second kappa shape index (κ2) is 5.79. The van der Waals surface area contributed by atoms with Crippen molar-refractivity contribution in [3.05, 3.63) is 29.3 Å². The maximum atomic E-state index is 12.6. The van der Waals surface area contributed by atoms with Gasteiger partial charge in [0.25, 0.3) is 0 Å². The highest BCUT2D eigenvalue weighted by atomic mass is 35.5. The Morgan fingerprint density at radius 2 is 2.16 bits per heavy atom. The second-order valence-corrected chi connectivity index (χ2v) is 7.20. The molecular weight excluding hydrogens is 286 g/mol. The monoisotopic (exact) mass is 303 g/mol. The molecule has 1 saturated heterocycles. The van der Waals surface area contributed by atoms with Gasteiger partial charge in [0.1, 0.15) is 0 Å². The van der Waals surface area contributed by atoms with Gasteiger partial charge in [0, 0.05) is 11.6 Å². The van der Waals surface area contributed by atoms with Crippen LogP contribution >= 0.6 is 11.6 Å². The van der Waals surface area contributed by atoms with Gasteiger partial charge in [0.2, 0.25) is 10.0 Å². The molecule has 2 rings (SSSR count). The number of aliphatic hydroxyl groups excluding tert-OH is 1. The molecule has 19 heavy (non-hydrogen) atoms. The van der Waals surface area contributed by atoms with Crippen LogP contribution in [-0.4, -0.2) is 36.5 Å². The molecule has 1 N–H and O–H groups in total. The van der Waals surface area contributed by atoms with E-state index in [1.165, 1.54) is 16.4 Å². The zero-order valence-electron chi connectivity index (χ0n) is 10.8. The van der Waals surface area contributed by atoms with Crippen molar-refractivity contribution in [2.75, 3.05) is 6.54 Å². The summed E-state index contributed by atoms with van der Waals surface area (Å²) >= 11 is 5.86. The second-order valence-electron chi connectivity index (χ2n) is 4.88. The molecule has 106 valence electrons. The molecule has 1 fully saturated rings. The maximum Gasteiger partial charge on any atom is 0.243 e. The van der Waals surface area contributed by atoms with Crippen molar-refractivity contribution < 1.29 is 13.5 Å². The Hall–Kier alpha value is -0.620. The molecule has 1 aromatic carbocycles. The minimum atomic E-state index is -3.59. The minimum absolute atomic E-state index is 0.188. The predicted molar refractivity (Wildman–Crippen MR) is 74.7 cm³/mol. The highest BCUT2D eigenvalue weighted by Gasteiger charge is 2.35. The first-order valence-electron chi connectivity index (χ1n) is 6.38. The molecule has 0 spiro atoms. The van der Waals surface area contributed by atoms with Crippen LogP contribution < -0.4 is 0 Å². The number of rotatable bonds is 3. The number of hydrogen-bond donors (Lipinski definition) is 1. The van der Waals surface area contributed by atoms with Gasteiger partial charge in [-0.2, -0.15) is 4.31 Å². The van der Waals surface area contributed by atoms with Crippen LogP contribution in [0.1, 0.15) is 26.2 Å². The van der Waals surface area contributed by atoms with E-state index in [1.54, 1.807) is 19.1 Å². The summed E-state index contributed by atoms with van der Waals surface area (Å²) in [4.78, 5) is 0.188. The fourth-order valence-corrected chi connectivity index (χ4v) is 4.53. The minimum Gasteiger partial charge on any atom is -0.392 e. The fourth-order valence-electron chi connectivity index (χ4n) is 2.47.